The summed E-state index contributed by atoms with van der Waals surface area (Å²) < 4.78 is 12.3. The van der Waals surface area contributed by atoms with Gasteiger partial charge in [0.2, 0.25) is 0 Å². The number of amides is 2. The zero-order valence-electron chi connectivity index (χ0n) is 19.0. The molecule has 4 heterocycles. The Hall–Kier alpha value is -4.29. The summed E-state index contributed by atoms with van der Waals surface area (Å²) >= 11 is 0. The van der Waals surface area contributed by atoms with Gasteiger partial charge < -0.3 is 25.4 Å². The Labute approximate surface area is 199 Å². The molecule has 0 bridgehead atoms. The fourth-order valence-electron chi connectivity index (χ4n) is 3.90. The van der Waals surface area contributed by atoms with Gasteiger partial charge in [0.05, 0.1) is 24.2 Å². The van der Waals surface area contributed by atoms with Gasteiger partial charge in [0, 0.05) is 35.9 Å². The number of hydrogen-bond donors (Lipinski definition) is 3. The molecule has 12 nitrogen and oxygen atoms in total. The summed E-state index contributed by atoms with van der Waals surface area (Å²) in [4.78, 5) is 31.8. The van der Waals surface area contributed by atoms with E-state index < -0.39 is 23.5 Å². The highest BCUT2D eigenvalue weighted by molar-refractivity contribution is 6.06. The van der Waals surface area contributed by atoms with Gasteiger partial charge in [-0.2, -0.15) is 0 Å². The van der Waals surface area contributed by atoms with Crippen LogP contribution >= 0.6 is 0 Å². The number of anilines is 3. The molecule has 1 saturated heterocycles. The van der Waals surface area contributed by atoms with E-state index in [2.05, 4.69) is 20.6 Å². The number of aryl methyl sites for hydroxylation is 1. The van der Waals surface area contributed by atoms with E-state index in [0.29, 0.717) is 22.5 Å². The first-order valence-corrected chi connectivity index (χ1v) is 10.8. The number of aromatic nitrogens is 4. The predicted molar refractivity (Wildman–Crippen MR) is 126 cm³/mol. The summed E-state index contributed by atoms with van der Waals surface area (Å²) in [6.45, 7) is 3.45. The molecular weight excluding hydrogens is 454 g/mol. The number of hydrogen-bond acceptors (Lipinski definition) is 9. The van der Waals surface area contributed by atoms with E-state index in [1.165, 1.54) is 17.9 Å². The van der Waals surface area contributed by atoms with Crippen molar-refractivity contribution in [3.63, 3.8) is 0 Å². The van der Waals surface area contributed by atoms with Gasteiger partial charge in [0.1, 0.15) is 0 Å². The van der Waals surface area contributed by atoms with Crippen LogP contribution in [0.1, 0.15) is 12.6 Å². The van der Waals surface area contributed by atoms with E-state index in [-0.39, 0.29) is 19.0 Å². The van der Waals surface area contributed by atoms with E-state index >= 15 is 0 Å². The fourth-order valence-corrected chi connectivity index (χ4v) is 3.90. The number of aliphatic hydroxyl groups is 1. The van der Waals surface area contributed by atoms with Crippen molar-refractivity contribution < 1.29 is 24.0 Å². The molecule has 0 aliphatic carbocycles. The number of carbonyl (C=O) groups is 2. The van der Waals surface area contributed by atoms with E-state index in [1.54, 1.807) is 41.3 Å². The standard InChI is InChI=1S/C23H23N7O5/c1-13-11-15(5-7-25-13)30-8-6-18(27-30)29-9-10-34-19(21(29)31)23(2,33)22(32)26-14-3-4-16-17(12-14)35-28-20(16)24/h3-8,11-12,19,33H,9-10H2,1-2H3,(H2,24,28)(H,26,32). The lowest BCUT2D eigenvalue weighted by Gasteiger charge is -2.37. The normalized spacial score (nSPS) is 18.0. The minimum Gasteiger partial charge on any atom is -0.380 e. The van der Waals surface area contributed by atoms with Crippen LogP contribution in [0.4, 0.5) is 17.3 Å². The van der Waals surface area contributed by atoms with Crippen molar-refractivity contribution in [2.45, 2.75) is 25.6 Å². The third-order valence-corrected chi connectivity index (χ3v) is 5.81. The zero-order chi connectivity index (χ0) is 24.7. The average molecular weight is 477 g/mol. The third-order valence-electron chi connectivity index (χ3n) is 5.81. The second kappa shape index (κ2) is 8.49. The number of ether oxygens (including phenoxy) is 1. The van der Waals surface area contributed by atoms with Crippen LogP contribution < -0.4 is 16.0 Å². The molecule has 2 unspecified atom stereocenters. The molecule has 4 N–H and O–H groups in total. The van der Waals surface area contributed by atoms with E-state index in [4.69, 9.17) is 15.0 Å². The second-order valence-electron chi connectivity index (χ2n) is 8.40. The number of rotatable bonds is 5. The number of nitrogens with one attached hydrogen (secondary N) is 1. The molecule has 2 atom stereocenters. The van der Waals surface area contributed by atoms with Crippen molar-refractivity contribution in [1.29, 1.82) is 0 Å². The van der Waals surface area contributed by atoms with Crippen LogP contribution in [0.15, 0.2) is 53.3 Å². The Balaban J connectivity index is 1.34. The highest BCUT2D eigenvalue weighted by atomic mass is 16.5. The Kier molecular flexibility index (Phi) is 5.46. The van der Waals surface area contributed by atoms with E-state index in [0.717, 1.165) is 11.4 Å². The molecule has 5 rings (SSSR count). The fraction of sp³-hybridized carbons (Fsp3) is 0.261. The average Bonchev–Trinajstić information content (AvgIpc) is 3.46. The largest absolute Gasteiger partial charge is 0.380 e. The number of morpholine rings is 1. The van der Waals surface area contributed by atoms with Crippen molar-refractivity contribution in [1.82, 2.24) is 19.9 Å². The summed E-state index contributed by atoms with van der Waals surface area (Å²) in [5.74, 6) is -0.789. The summed E-state index contributed by atoms with van der Waals surface area (Å²) in [6, 6.07) is 10.1. The van der Waals surface area contributed by atoms with Gasteiger partial charge in [-0.1, -0.05) is 5.16 Å². The number of nitrogens with zero attached hydrogens (tertiary/aromatic N) is 5. The highest BCUT2D eigenvalue weighted by Crippen LogP contribution is 2.27. The van der Waals surface area contributed by atoms with Gasteiger partial charge in [0.25, 0.3) is 11.8 Å². The number of nitrogens with two attached hydrogens (primary N) is 1. The molecule has 35 heavy (non-hydrogen) atoms. The van der Waals surface area contributed by atoms with Crippen LogP contribution in [-0.2, 0) is 14.3 Å². The van der Waals surface area contributed by atoms with Gasteiger partial charge in [-0.05, 0) is 38.1 Å². The van der Waals surface area contributed by atoms with E-state index in [9.17, 15) is 14.7 Å². The van der Waals surface area contributed by atoms with Crippen molar-refractivity contribution in [3.05, 3.63) is 54.5 Å². The van der Waals surface area contributed by atoms with Crippen molar-refractivity contribution in [2.75, 3.05) is 29.1 Å². The van der Waals surface area contributed by atoms with Crippen LogP contribution in [0.2, 0.25) is 0 Å². The molecule has 1 aromatic carbocycles. The molecule has 0 saturated carbocycles. The summed E-state index contributed by atoms with van der Waals surface area (Å²) in [7, 11) is 0. The number of fused-ring (bicyclic) bond motifs is 1. The number of nitrogen functional groups attached to an aromatic ring is 1. The highest BCUT2D eigenvalue weighted by Gasteiger charge is 2.48. The molecule has 0 radical (unpaired) electrons. The summed E-state index contributed by atoms with van der Waals surface area (Å²) in [6.07, 6.45) is 1.96. The molecule has 1 aliphatic rings. The first kappa shape index (κ1) is 22.5. The van der Waals surface area contributed by atoms with E-state index in [1.807, 2.05) is 13.0 Å². The van der Waals surface area contributed by atoms with Gasteiger partial charge in [-0.25, -0.2) is 4.68 Å². The maximum Gasteiger partial charge on any atom is 0.260 e. The Morgan fingerprint density at radius 2 is 2.11 bits per heavy atom. The van der Waals surface area contributed by atoms with Crippen LogP contribution in [0.3, 0.4) is 0 Å². The lowest BCUT2D eigenvalue weighted by Crippen LogP contribution is -2.61. The molecule has 0 spiro atoms. The summed E-state index contributed by atoms with van der Waals surface area (Å²) in [5, 5.41) is 22.4. The number of carbonyl (C=O) groups excluding carboxylic acids is 2. The predicted octanol–water partition coefficient (Wildman–Crippen LogP) is 1.42. The van der Waals surface area contributed by atoms with Crippen molar-refractivity contribution in [2.24, 2.45) is 0 Å². The minimum absolute atomic E-state index is 0.115. The summed E-state index contributed by atoms with van der Waals surface area (Å²) in [5.41, 5.74) is 5.87. The second-order valence-corrected chi connectivity index (χ2v) is 8.40. The molecule has 12 heteroatoms. The Morgan fingerprint density at radius 3 is 2.91 bits per heavy atom. The molecule has 4 aromatic rings. The van der Waals surface area contributed by atoms with Gasteiger partial charge in [-0.3, -0.25) is 19.5 Å². The first-order chi connectivity index (χ1) is 16.7. The van der Waals surface area contributed by atoms with Crippen LogP contribution in [-0.4, -0.2) is 61.7 Å². The topological polar surface area (TPSA) is 162 Å². The monoisotopic (exact) mass is 477 g/mol. The Morgan fingerprint density at radius 1 is 1.29 bits per heavy atom. The lowest BCUT2D eigenvalue weighted by atomic mass is 9.95. The molecule has 2 amide bonds. The lowest BCUT2D eigenvalue weighted by molar-refractivity contribution is -0.165. The van der Waals surface area contributed by atoms with Crippen molar-refractivity contribution >= 4 is 40.1 Å². The third kappa shape index (κ3) is 4.09. The maximum absolute atomic E-state index is 13.3. The first-order valence-electron chi connectivity index (χ1n) is 10.8. The van der Waals surface area contributed by atoms with Gasteiger partial charge in [0.15, 0.2) is 28.9 Å². The van der Waals surface area contributed by atoms with Gasteiger partial charge >= 0.3 is 0 Å². The Bertz CT molecular complexity index is 1430. The molecule has 3 aromatic heterocycles. The number of pyridine rings is 1. The molecular formula is C23H23N7O5. The van der Waals surface area contributed by atoms with Crippen LogP contribution in [0.25, 0.3) is 16.7 Å². The zero-order valence-corrected chi connectivity index (χ0v) is 19.0. The van der Waals surface area contributed by atoms with Crippen LogP contribution in [0, 0.1) is 6.92 Å². The SMILES string of the molecule is Cc1cc(-n2ccc(N3CCOC(C(C)(O)C(=O)Nc4ccc5c(N)noc5c4)C3=O)n2)ccn1. The molecule has 1 fully saturated rings. The van der Waals surface area contributed by atoms with Crippen LogP contribution in [0.5, 0.6) is 0 Å². The van der Waals surface area contributed by atoms with Gasteiger partial charge in [-0.15, -0.1) is 5.10 Å². The minimum atomic E-state index is -2.17. The maximum atomic E-state index is 13.3. The molecule has 180 valence electrons. The quantitative estimate of drug-likeness (QED) is 0.386. The van der Waals surface area contributed by atoms with Crippen molar-refractivity contribution in [3.8, 4) is 5.69 Å². The smallest absolute Gasteiger partial charge is 0.260 e. The molecule has 1 aliphatic heterocycles. The number of benzene rings is 1.